The quantitative estimate of drug-likeness (QED) is 0.883. The molecule has 7 heteroatoms. The maximum absolute atomic E-state index is 12.1. The molecule has 0 aliphatic carbocycles. The van der Waals surface area contributed by atoms with Crippen LogP contribution in [0.25, 0.3) is 0 Å². The molecule has 0 fully saturated rings. The molecule has 2 rings (SSSR count). The van der Waals surface area contributed by atoms with Crippen LogP contribution in [0, 0.1) is 13.8 Å². The first-order chi connectivity index (χ1) is 10.4. The summed E-state index contributed by atoms with van der Waals surface area (Å²) in [6.07, 6.45) is 0. The zero-order valence-electron chi connectivity index (χ0n) is 12.2. The molecule has 2 aromatic rings. The van der Waals surface area contributed by atoms with E-state index < -0.39 is 17.9 Å². The van der Waals surface area contributed by atoms with Crippen molar-refractivity contribution in [2.45, 2.75) is 26.4 Å². The Kier molecular flexibility index (Phi) is 4.82. The lowest BCUT2D eigenvalue weighted by Gasteiger charge is -2.15. The fourth-order valence-electron chi connectivity index (χ4n) is 2.12. The van der Waals surface area contributed by atoms with E-state index in [1.807, 2.05) is 19.9 Å². The van der Waals surface area contributed by atoms with Gasteiger partial charge in [0, 0.05) is 10.7 Å². The van der Waals surface area contributed by atoms with Crippen LogP contribution in [-0.2, 0) is 16.1 Å². The fourth-order valence-corrected chi connectivity index (χ4v) is 2.25. The van der Waals surface area contributed by atoms with Crippen molar-refractivity contribution in [1.29, 1.82) is 0 Å². The van der Waals surface area contributed by atoms with Crippen LogP contribution in [0.4, 0.5) is 0 Å². The molecule has 0 aliphatic rings. The van der Waals surface area contributed by atoms with Gasteiger partial charge in [0.2, 0.25) is 5.91 Å². The van der Waals surface area contributed by atoms with Crippen molar-refractivity contribution in [3.63, 3.8) is 0 Å². The second kappa shape index (κ2) is 6.62. The molecule has 1 aromatic heterocycles. The largest absolute Gasteiger partial charge is 0.479 e. The minimum absolute atomic E-state index is 0.0307. The summed E-state index contributed by atoms with van der Waals surface area (Å²) in [6.45, 7) is 3.63. The van der Waals surface area contributed by atoms with Gasteiger partial charge in [-0.15, -0.1) is 0 Å². The van der Waals surface area contributed by atoms with Crippen molar-refractivity contribution in [3.8, 4) is 0 Å². The number of carboxylic acids is 1. The molecule has 0 spiro atoms. The van der Waals surface area contributed by atoms with Crippen molar-refractivity contribution in [3.05, 3.63) is 52.3 Å². The highest BCUT2D eigenvalue weighted by molar-refractivity contribution is 6.30. The molecule has 1 unspecified atom stereocenters. The van der Waals surface area contributed by atoms with Gasteiger partial charge in [-0.3, -0.25) is 9.48 Å². The highest BCUT2D eigenvalue weighted by atomic mass is 35.5. The van der Waals surface area contributed by atoms with Crippen molar-refractivity contribution < 1.29 is 14.7 Å². The SMILES string of the molecule is Cc1cc(C)n(CC(=O)NC(C(=O)O)c2ccc(Cl)cc2)n1. The number of aliphatic carboxylic acids is 1. The Morgan fingerprint density at radius 1 is 1.32 bits per heavy atom. The number of rotatable bonds is 5. The second-order valence-corrected chi connectivity index (χ2v) is 5.41. The van der Waals surface area contributed by atoms with E-state index in [4.69, 9.17) is 11.6 Å². The van der Waals surface area contributed by atoms with Gasteiger partial charge >= 0.3 is 5.97 Å². The number of halogens is 1. The minimum atomic E-state index is -1.14. The van der Waals surface area contributed by atoms with Gasteiger partial charge in [0.25, 0.3) is 0 Å². The van der Waals surface area contributed by atoms with Gasteiger partial charge in [0.15, 0.2) is 6.04 Å². The van der Waals surface area contributed by atoms with E-state index >= 15 is 0 Å². The molecule has 1 aromatic carbocycles. The Morgan fingerprint density at radius 3 is 2.45 bits per heavy atom. The Hall–Kier alpha value is -2.34. The lowest BCUT2D eigenvalue weighted by Crippen LogP contribution is -2.36. The summed E-state index contributed by atoms with van der Waals surface area (Å²) in [5.74, 6) is -1.56. The molecule has 1 heterocycles. The lowest BCUT2D eigenvalue weighted by molar-refractivity contribution is -0.142. The van der Waals surface area contributed by atoms with Crippen LogP contribution in [0.5, 0.6) is 0 Å². The molecular formula is C15H16ClN3O3. The Morgan fingerprint density at radius 2 is 1.95 bits per heavy atom. The molecule has 0 saturated heterocycles. The van der Waals surface area contributed by atoms with Crippen LogP contribution in [0.3, 0.4) is 0 Å². The smallest absolute Gasteiger partial charge is 0.330 e. The van der Waals surface area contributed by atoms with Crippen molar-refractivity contribution in [2.24, 2.45) is 0 Å². The Balaban J connectivity index is 2.11. The molecule has 2 N–H and O–H groups in total. The van der Waals surface area contributed by atoms with E-state index in [0.29, 0.717) is 10.6 Å². The van der Waals surface area contributed by atoms with Crippen LogP contribution < -0.4 is 5.32 Å². The third-order valence-corrected chi connectivity index (χ3v) is 3.40. The van der Waals surface area contributed by atoms with Gasteiger partial charge in [-0.1, -0.05) is 23.7 Å². The summed E-state index contributed by atoms with van der Waals surface area (Å²) in [5.41, 5.74) is 2.10. The van der Waals surface area contributed by atoms with Crippen molar-refractivity contribution in [1.82, 2.24) is 15.1 Å². The minimum Gasteiger partial charge on any atom is -0.479 e. The maximum Gasteiger partial charge on any atom is 0.330 e. The molecule has 1 atom stereocenters. The topological polar surface area (TPSA) is 84.2 Å². The number of carboxylic acid groups (broad SMARTS) is 1. The predicted molar refractivity (Wildman–Crippen MR) is 81.7 cm³/mol. The first-order valence-electron chi connectivity index (χ1n) is 6.65. The summed E-state index contributed by atoms with van der Waals surface area (Å²) in [5, 5.41) is 16.5. The number of nitrogens with zero attached hydrogens (tertiary/aromatic N) is 2. The van der Waals surface area contributed by atoms with E-state index in [2.05, 4.69) is 10.4 Å². The van der Waals surface area contributed by atoms with Crippen LogP contribution in [0.1, 0.15) is 23.0 Å². The third kappa shape index (κ3) is 3.85. The third-order valence-electron chi connectivity index (χ3n) is 3.15. The molecule has 0 bridgehead atoms. The molecule has 0 radical (unpaired) electrons. The zero-order valence-corrected chi connectivity index (χ0v) is 13.0. The van der Waals surface area contributed by atoms with Gasteiger partial charge in [-0.2, -0.15) is 5.10 Å². The molecule has 6 nitrogen and oxygen atoms in total. The number of benzene rings is 1. The average Bonchev–Trinajstić information content (AvgIpc) is 2.75. The Bertz CT molecular complexity index is 695. The average molecular weight is 322 g/mol. The molecule has 1 amide bonds. The molecule has 22 heavy (non-hydrogen) atoms. The summed E-state index contributed by atoms with van der Waals surface area (Å²) >= 11 is 5.78. The van der Waals surface area contributed by atoms with Gasteiger partial charge in [-0.05, 0) is 37.6 Å². The number of amides is 1. The highest BCUT2D eigenvalue weighted by Crippen LogP contribution is 2.17. The van der Waals surface area contributed by atoms with Crippen LogP contribution in [0.2, 0.25) is 5.02 Å². The fraction of sp³-hybridized carbons (Fsp3) is 0.267. The standard InChI is InChI=1S/C15H16ClN3O3/c1-9-7-10(2)19(18-9)8-13(20)17-14(15(21)22)11-3-5-12(16)6-4-11/h3-7,14H,8H2,1-2H3,(H,17,20)(H,21,22). The highest BCUT2D eigenvalue weighted by Gasteiger charge is 2.22. The lowest BCUT2D eigenvalue weighted by atomic mass is 10.1. The number of hydrogen-bond acceptors (Lipinski definition) is 3. The number of carbonyl (C=O) groups excluding carboxylic acids is 1. The number of hydrogen-bond donors (Lipinski definition) is 2. The summed E-state index contributed by atoms with van der Waals surface area (Å²) in [7, 11) is 0. The second-order valence-electron chi connectivity index (χ2n) is 4.98. The van der Waals surface area contributed by atoms with Gasteiger partial charge in [0.05, 0.1) is 5.69 Å². The zero-order chi connectivity index (χ0) is 16.3. The summed E-state index contributed by atoms with van der Waals surface area (Å²) in [6, 6.07) is 7.04. The van der Waals surface area contributed by atoms with Crippen molar-refractivity contribution >= 4 is 23.5 Å². The van der Waals surface area contributed by atoms with Crippen LogP contribution in [-0.4, -0.2) is 26.8 Å². The van der Waals surface area contributed by atoms with Crippen LogP contribution >= 0.6 is 11.6 Å². The summed E-state index contributed by atoms with van der Waals surface area (Å²) in [4.78, 5) is 23.4. The van der Waals surface area contributed by atoms with Gasteiger partial charge < -0.3 is 10.4 Å². The maximum atomic E-state index is 12.1. The first-order valence-corrected chi connectivity index (χ1v) is 7.03. The normalized spacial score (nSPS) is 12.0. The number of aromatic nitrogens is 2. The number of carbonyl (C=O) groups is 2. The van der Waals surface area contributed by atoms with Gasteiger partial charge in [0.1, 0.15) is 6.54 Å². The monoisotopic (exact) mass is 321 g/mol. The van der Waals surface area contributed by atoms with Crippen LogP contribution in [0.15, 0.2) is 30.3 Å². The van der Waals surface area contributed by atoms with E-state index in [9.17, 15) is 14.7 Å². The van der Waals surface area contributed by atoms with E-state index in [0.717, 1.165) is 11.4 Å². The van der Waals surface area contributed by atoms with E-state index in [1.54, 1.807) is 24.3 Å². The van der Waals surface area contributed by atoms with E-state index in [1.165, 1.54) is 4.68 Å². The predicted octanol–water partition coefficient (Wildman–Crippen LogP) is 2.10. The summed E-state index contributed by atoms with van der Waals surface area (Å²) < 4.78 is 1.53. The van der Waals surface area contributed by atoms with E-state index in [-0.39, 0.29) is 6.54 Å². The molecule has 0 aliphatic heterocycles. The molecular weight excluding hydrogens is 306 g/mol. The van der Waals surface area contributed by atoms with Crippen molar-refractivity contribution in [2.75, 3.05) is 0 Å². The Labute approximate surface area is 132 Å². The number of aryl methyl sites for hydroxylation is 2. The molecule has 116 valence electrons. The van der Waals surface area contributed by atoms with Gasteiger partial charge in [-0.25, -0.2) is 4.79 Å². The number of nitrogens with one attached hydrogen (secondary N) is 1. The first kappa shape index (κ1) is 16.0. The molecule has 0 saturated carbocycles.